The lowest BCUT2D eigenvalue weighted by atomic mass is 9.90. The van der Waals surface area contributed by atoms with Crippen molar-refractivity contribution in [3.8, 4) is 0 Å². The smallest absolute Gasteiger partial charge is 0.0900 e. The number of rotatable bonds is 1. The van der Waals surface area contributed by atoms with E-state index in [1.165, 1.54) is 0 Å². The summed E-state index contributed by atoms with van der Waals surface area (Å²) in [7, 11) is 0. The zero-order chi connectivity index (χ0) is 11.9. The number of aliphatic hydroxyl groups is 1. The fourth-order valence-corrected chi connectivity index (χ4v) is 2.88. The Morgan fingerprint density at radius 3 is 3.00 bits per heavy atom. The summed E-state index contributed by atoms with van der Waals surface area (Å²) in [4.78, 5) is 4.35. The molecule has 1 aromatic carbocycles. The van der Waals surface area contributed by atoms with Crippen molar-refractivity contribution in [3.63, 3.8) is 0 Å². The second-order valence-electron chi connectivity index (χ2n) is 5.29. The van der Waals surface area contributed by atoms with Crippen molar-refractivity contribution >= 4 is 10.9 Å². The summed E-state index contributed by atoms with van der Waals surface area (Å²) in [6, 6.07) is 10.1. The number of aromatic nitrogens is 1. The highest BCUT2D eigenvalue weighted by Crippen LogP contribution is 2.42. The van der Waals surface area contributed by atoms with Gasteiger partial charge in [-0.3, -0.25) is 4.98 Å². The predicted octanol–water partition coefficient (Wildman–Crippen LogP) is 3.24. The van der Waals surface area contributed by atoms with Crippen LogP contribution in [0.1, 0.15) is 31.7 Å². The van der Waals surface area contributed by atoms with E-state index < -0.39 is 5.60 Å². The first-order chi connectivity index (χ1) is 8.17. The Balaban J connectivity index is 2.06. The molecule has 1 saturated carbocycles. The van der Waals surface area contributed by atoms with E-state index in [0.29, 0.717) is 5.92 Å². The first-order valence-corrected chi connectivity index (χ1v) is 6.25. The van der Waals surface area contributed by atoms with Crippen LogP contribution in [0.5, 0.6) is 0 Å². The van der Waals surface area contributed by atoms with E-state index in [1.807, 2.05) is 24.3 Å². The summed E-state index contributed by atoms with van der Waals surface area (Å²) < 4.78 is 0. The van der Waals surface area contributed by atoms with E-state index in [1.54, 1.807) is 6.20 Å². The number of hydrogen-bond acceptors (Lipinski definition) is 2. The molecule has 0 spiro atoms. The van der Waals surface area contributed by atoms with Crippen LogP contribution < -0.4 is 0 Å². The Morgan fingerprint density at radius 1 is 1.35 bits per heavy atom. The van der Waals surface area contributed by atoms with Crippen molar-refractivity contribution in [2.24, 2.45) is 5.92 Å². The van der Waals surface area contributed by atoms with E-state index in [9.17, 15) is 5.11 Å². The number of pyridine rings is 1. The number of nitrogens with zero attached hydrogens (tertiary/aromatic N) is 1. The Hall–Kier alpha value is -1.41. The van der Waals surface area contributed by atoms with Gasteiger partial charge in [0.15, 0.2) is 0 Å². The van der Waals surface area contributed by atoms with Gasteiger partial charge in [-0.25, -0.2) is 0 Å². The third-order valence-electron chi connectivity index (χ3n) is 3.88. The van der Waals surface area contributed by atoms with Crippen LogP contribution in [0.3, 0.4) is 0 Å². The van der Waals surface area contributed by atoms with Gasteiger partial charge >= 0.3 is 0 Å². The summed E-state index contributed by atoms with van der Waals surface area (Å²) in [6.45, 7) is 2.21. The van der Waals surface area contributed by atoms with E-state index in [0.717, 1.165) is 35.7 Å². The van der Waals surface area contributed by atoms with Crippen molar-refractivity contribution in [2.45, 2.75) is 31.8 Å². The molecule has 0 radical (unpaired) electrons. The van der Waals surface area contributed by atoms with Crippen LogP contribution in [-0.2, 0) is 5.60 Å². The molecular formula is C15H17NO. The largest absolute Gasteiger partial charge is 0.385 e. The zero-order valence-corrected chi connectivity index (χ0v) is 10.1. The van der Waals surface area contributed by atoms with Gasteiger partial charge in [-0.1, -0.05) is 25.1 Å². The molecule has 1 aliphatic carbocycles. The van der Waals surface area contributed by atoms with Crippen molar-refractivity contribution in [1.82, 2.24) is 4.98 Å². The molecule has 1 N–H and O–H groups in total. The standard InChI is InChI=1S/C15H17NO/c1-11-6-7-15(17,10-11)13-5-4-12-3-2-8-16-14(12)9-13/h2-5,8-9,11,17H,6-7,10H2,1H3. The van der Waals surface area contributed by atoms with Gasteiger partial charge in [-0.05, 0) is 42.9 Å². The Labute approximate surface area is 101 Å². The number of hydrogen-bond donors (Lipinski definition) is 1. The molecule has 2 nitrogen and oxygen atoms in total. The third-order valence-corrected chi connectivity index (χ3v) is 3.88. The number of fused-ring (bicyclic) bond motifs is 1. The van der Waals surface area contributed by atoms with Crippen molar-refractivity contribution in [2.75, 3.05) is 0 Å². The number of benzene rings is 1. The zero-order valence-electron chi connectivity index (χ0n) is 10.1. The molecule has 3 rings (SSSR count). The molecule has 2 heteroatoms. The second kappa shape index (κ2) is 3.81. The summed E-state index contributed by atoms with van der Waals surface area (Å²) in [5.41, 5.74) is 1.36. The van der Waals surface area contributed by atoms with E-state index in [4.69, 9.17) is 0 Å². The fraction of sp³-hybridized carbons (Fsp3) is 0.400. The van der Waals surface area contributed by atoms with Crippen LogP contribution in [0.25, 0.3) is 10.9 Å². The molecule has 1 aliphatic rings. The summed E-state index contributed by atoms with van der Waals surface area (Å²) in [6.07, 6.45) is 4.64. The maximum Gasteiger partial charge on any atom is 0.0900 e. The van der Waals surface area contributed by atoms with Gasteiger partial charge in [-0.15, -0.1) is 0 Å². The van der Waals surface area contributed by atoms with Crippen LogP contribution in [0.2, 0.25) is 0 Å². The van der Waals surface area contributed by atoms with Gasteiger partial charge in [-0.2, -0.15) is 0 Å². The minimum atomic E-state index is -0.634. The van der Waals surface area contributed by atoms with Crippen molar-refractivity contribution in [3.05, 3.63) is 42.1 Å². The lowest BCUT2D eigenvalue weighted by Gasteiger charge is -2.23. The molecule has 0 amide bonds. The molecule has 2 unspecified atom stereocenters. The highest BCUT2D eigenvalue weighted by Gasteiger charge is 2.36. The summed E-state index contributed by atoms with van der Waals surface area (Å²) >= 11 is 0. The van der Waals surface area contributed by atoms with Crippen molar-refractivity contribution in [1.29, 1.82) is 0 Å². The van der Waals surface area contributed by atoms with Crippen LogP contribution in [0.4, 0.5) is 0 Å². The van der Waals surface area contributed by atoms with Crippen LogP contribution in [-0.4, -0.2) is 10.1 Å². The Morgan fingerprint density at radius 2 is 2.24 bits per heavy atom. The van der Waals surface area contributed by atoms with Crippen LogP contribution in [0.15, 0.2) is 36.5 Å². The van der Waals surface area contributed by atoms with Crippen molar-refractivity contribution < 1.29 is 5.11 Å². The molecule has 1 heterocycles. The van der Waals surface area contributed by atoms with Gasteiger partial charge < -0.3 is 5.11 Å². The van der Waals surface area contributed by atoms with E-state index in [2.05, 4.69) is 18.0 Å². The molecule has 2 aromatic rings. The van der Waals surface area contributed by atoms with E-state index >= 15 is 0 Å². The maximum absolute atomic E-state index is 10.7. The van der Waals surface area contributed by atoms with Crippen LogP contribution >= 0.6 is 0 Å². The molecule has 17 heavy (non-hydrogen) atoms. The Bertz CT molecular complexity index is 551. The highest BCUT2D eigenvalue weighted by atomic mass is 16.3. The molecule has 0 aliphatic heterocycles. The first kappa shape index (κ1) is 10.7. The minimum absolute atomic E-state index is 0.611. The molecule has 0 saturated heterocycles. The van der Waals surface area contributed by atoms with Gasteiger partial charge in [0.05, 0.1) is 11.1 Å². The lowest BCUT2D eigenvalue weighted by Crippen LogP contribution is -2.21. The average Bonchev–Trinajstić information content (AvgIpc) is 2.70. The van der Waals surface area contributed by atoms with Gasteiger partial charge in [0.1, 0.15) is 0 Å². The maximum atomic E-state index is 10.7. The van der Waals surface area contributed by atoms with Gasteiger partial charge in [0.25, 0.3) is 0 Å². The summed E-state index contributed by atoms with van der Waals surface area (Å²) in [5.74, 6) is 0.611. The minimum Gasteiger partial charge on any atom is -0.385 e. The second-order valence-corrected chi connectivity index (χ2v) is 5.29. The first-order valence-electron chi connectivity index (χ1n) is 6.25. The highest BCUT2D eigenvalue weighted by molar-refractivity contribution is 5.79. The summed E-state index contributed by atoms with van der Waals surface area (Å²) in [5, 5.41) is 11.8. The fourth-order valence-electron chi connectivity index (χ4n) is 2.88. The molecule has 0 bridgehead atoms. The quantitative estimate of drug-likeness (QED) is 0.811. The molecular weight excluding hydrogens is 210 g/mol. The molecule has 1 fully saturated rings. The molecule has 1 aromatic heterocycles. The Kier molecular flexibility index (Phi) is 2.40. The van der Waals surface area contributed by atoms with Gasteiger partial charge in [0.2, 0.25) is 0 Å². The predicted molar refractivity (Wildman–Crippen MR) is 68.7 cm³/mol. The van der Waals surface area contributed by atoms with Crippen LogP contribution in [0, 0.1) is 5.92 Å². The normalized spacial score (nSPS) is 28.7. The monoisotopic (exact) mass is 227 g/mol. The topological polar surface area (TPSA) is 33.1 Å². The molecule has 88 valence electrons. The SMILES string of the molecule is CC1CCC(O)(c2ccc3cccnc3c2)C1. The lowest BCUT2D eigenvalue weighted by molar-refractivity contribution is 0.0409. The molecule has 2 atom stereocenters. The van der Waals surface area contributed by atoms with E-state index in [-0.39, 0.29) is 0 Å². The third kappa shape index (κ3) is 1.83. The van der Waals surface area contributed by atoms with Gasteiger partial charge in [0, 0.05) is 11.6 Å². The average molecular weight is 227 g/mol.